The minimum atomic E-state index is -1.03. The SMILES string of the molecule is O=C(O)c1cc(Br)c[n+](CC(=O)c2ccc(-c3ccccc3)cc2)c1.[Br-]. The van der Waals surface area contributed by atoms with E-state index in [1.54, 1.807) is 22.9 Å². The Labute approximate surface area is 170 Å². The molecule has 0 radical (unpaired) electrons. The average Bonchev–Trinajstić information content (AvgIpc) is 2.62. The molecule has 26 heavy (non-hydrogen) atoms. The summed E-state index contributed by atoms with van der Waals surface area (Å²) in [4.78, 5) is 23.6. The second kappa shape index (κ2) is 8.87. The van der Waals surface area contributed by atoms with Gasteiger partial charge in [-0.15, -0.1) is 0 Å². The van der Waals surface area contributed by atoms with E-state index >= 15 is 0 Å². The first kappa shape index (κ1) is 20.0. The molecule has 0 fully saturated rings. The zero-order chi connectivity index (χ0) is 17.8. The van der Waals surface area contributed by atoms with Crippen molar-refractivity contribution in [3.05, 3.63) is 88.7 Å². The third-order valence-electron chi connectivity index (χ3n) is 3.77. The summed E-state index contributed by atoms with van der Waals surface area (Å²) in [5.74, 6) is -1.12. The molecule has 0 saturated carbocycles. The van der Waals surface area contributed by atoms with Gasteiger partial charge in [-0.05, 0) is 33.1 Å². The number of ketones is 1. The van der Waals surface area contributed by atoms with E-state index in [-0.39, 0.29) is 34.9 Å². The Morgan fingerprint density at radius 2 is 1.50 bits per heavy atom. The Bertz CT molecular complexity index is 926. The number of carboxylic acids is 1. The van der Waals surface area contributed by atoms with Crippen molar-refractivity contribution in [3.8, 4) is 11.1 Å². The van der Waals surface area contributed by atoms with Crippen molar-refractivity contribution < 1.29 is 36.2 Å². The standard InChI is InChI=1S/C20H14BrNO3.BrH/c21-18-10-17(20(24)25)11-22(12-18)13-19(23)16-8-6-15(7-9-16)14-4-2-1-3-5-14;/h1-12H,13H2;1H. The second-order valence-electron chi connectivity index (χ2n) is 5.59. The summed E-state index contributed by atoms with van der Waals surface area (Å²) in [6.45, 7) is 0.0738. The number of carbonyl (C=O) groups is 2. The molecule has 0 amide bonds. The van der Waals surface area contributed by atoms with Crippen molar-refractivity contribution in [3.63, 3.8) is 0 Å². The number of aromatic carboxylic acids is 1. The molecule has 0 unspecified atom stereocenters. The number of benzene rings is 2. The molecule has 0 atom stereocenters. The maximum absolute atomic E-state index is 12.5. The predicted molar refractivity (Wildman–Crippen MR) is 97.5 cm³/mol. The molecule has 1 N–H and O–H groups in total. The number of hydrogen-bond donors (Lipinski definition) is 1. The van der Waals surface area contributed by atoms with Gasteiger partial charge in [-0.1, -0.05) is 54.6 Å². The molecule has 6 heteroatoms. The molecule has 1 heterocycles. The number of carbonyl (C=O) groups excluding carboxylic acids is 1. The molecule has 2 aromatic carbocycles. The second-order valence-corrected chi connectivity index (χ2v) is 6.50. The Morgan fingerprint density at radius 3 is 2.12 bits per heavy atom. The van der Waals surface area contributed by atoms with Crippen LogP contribution in [0.1, 0.15) is 20.7 Å². The molecule has 0 aliphatic heterocycles. The van der Waals surface area contributed by atoms with Gasteiger partial charge in [0.05, 0.1) is 4.47 Å². The molecule has 0 aliphatic rings. The minimum absolute atomic E-state index is 0. The monoisotopic (exact) mass is 475 g/mol. The van der Waals surface area contributed by atoms with Gasteiger partial charge in [0.25, 0.3) is 0 Å². The molecule has 3 rings (SSSR count). The van der Waals surface area contributed by atoms with Crippen molar-refractivity contribution in [1.82, 2.24) is 0 Å². The number of rotatable bonds is 5. The highest BCUT2D eigenvalue weighted by atomic mass is 79.9. The van der Waals surface area contributed by atoms with Crippen LogP contribution in [-0.2, 0) is 6.54 Å². The molecule has 0 spiro atoms. The fourth-order valence-corrected chi connectivity index (χ4v) is 3.05. The van der Waals surface area contributed by atoms with Crippen LogP contribution in [0.5, 0.6) is 0 Å². The van der Waals surface area contributed by atoms with Crippen LogP contribution in [0.3, 0.4) is 0 Å². The van der Waals surface area contributed by atoms with E-state index in [1.165, 1.54) is 12.3 Å². The maximum atomic E-state index is 12.5. The fourth-order valence-electron chi connectivity index (χ4n) is 2.54. The number of pyridine rings is 1. The largest absolute Gasteiger partial charge is 1.00 e. The Balaban J connectivity index is 0.00000243. The summed E-state index contributed by atoms with van der Waals surface area (Å²) < 4.78 is 2.18. The fraction of sp³-hybridized carbons (Fsp3) is 0.0500. The topological polar surface area (TPSA) is 58.2 Å². The van der Waals surface area contributed by atoms with Gasteiger partial charge < -0.3 is 22.1 Å². The van der Waals surface area contributed by atoms with E-state index in [0.29, 0.717) is 10.0 Å². The van der Waals surface area contributed by atoms with E-state index in [4.69, 9.17) is 5.11 Å². The Hall–Kier alpha value is -2.31. The smallest absolute Gasteiger partial charge is 0.341 e. The van der Waals surface area contributed by atoms with E-state index in [2.05, 4.69) is 15.9 Å². The Kier molecular flexibility index (Phi) is 6.83. The zero-order valence-corrected chi connectivity index (χ0v) is 16.8. The highest BCUT2D eigenvalue weighted by Crippen LogP contribution is 2.19. The van der Waals surface area contributed by atoms with Gasteiger partial charge in [-0.25, -0.2) is 4.79 Å². The highest BCUT2D eigenvalue weighted by molar-refractivity contribution is 9.10. The van der Waals surface area contributed by atoms with Crippen LogP contribution < -0.4 is 21.5 Å². The number of hydrogen-bond acceptors (Lipinski definition) is 2. The molecule has 1 aromatic heterocycles. The molecular formula is C20H15Br2NO3. The minimum Gasteiger partial charge on any atom is -1.00 e. The molecule has 0 saturated heterocycles. The molecule has 0 aliphatic carbocycles. The zero-order valence-electron chi connectivity index (χ0n) is 13.6. The third kappa shape index (κ3) is 4.86. The van der Waals surface area contributed by atoms with Gasteiger partial charge in [0, 0.05) is 5.56 Å². The van der Waals surface area contributed by atoms with Crippen LogP contribution in [-0.4, -0.2) is 16.9 Å². The highest BCUT2D eigenvalue weighted by Gasteiger charge is 2.16. The van der Waals surface area contributed by atoms with Crippen LogP contribution in [0.4, 0.5) is 0 Å². The normalized spacial score (nSPS) is 10.0. The van der Waals surface area contributed by atoms with Crippen LogP contribution in [0, 0.1) is 0 Å². The number of halogens is 2. The van der Waals surface area contributed by atoms with Gasteiger partial charge in [-0.2, -0.15) is 4.57 Å². The summed E-state index contributed by atoms with van der Waals surface area (Å²) in [7, 11) is 0. The number of aromatic nitrogens is 1. The van der Waals surface area contributed by atoms with Crippen molar-refractivity contribution in [2.75, 3.05) is 0 Å². The first-order valence-corrected chi connectivity index (χ1v) is 8.44. The number of Topliss-reactive ketones (excluding diaryl/α,β-unsaturated/α-hetero) is 1. The molecule has 0 bridgehead atoms. The van der Waals surface area contributed by atoms with E-state index < -0.39 is 5.97 Å². The van der Waals surface area contributed by atoms with Gasteiger partial charge in [0.15, 0.2) is 12.4 Å². The van der Waals surface area contributed by atoms with Gasteiger partial charge >= 0.3 is 5.97 Å². The van der Waals surface area contributed by atoms with Crippen LogP contribution in [0.25, 0.3) is 11.1 Å². The first-order chi connectivity index (χ1) is 12.0. The summed E-state index contributed by atoms with van der Waals surface area (Å²) in [5, 5.41) is 9.10. The predicted octanol–water partition coefficient (Wildman–Crippen LogP) is 0.989. The molecule has 3 aromatic rings. The quantitative estimate of drug-likeness (QED) is 0.441. The number of nitrogens with zero attached hydrogens (tertiary/aromatic N) is 1. The summed E-state index contributed by atoms with van der Waals surface area (Å²) in [5.41, 5.74) is 2.85. The number of carboxylic acid groups (broad SMARTS) is 1. The van der Waals surface area contributed by atoms with Crippen molar-refractivity contribution in [1.29, 1.82) is 0 Å². The van der Waals surface area contributed by atoms with Crippen molar-refractivity contribution in [2.45, 2.75) is 6.54 Å². The van der Waals surface area contributed by atoms with E-state index in [0.717, 1.165) is 11.1 Å². The lowest BCUT2D eigenvalue weighted by Gasteiger charge is -2.03. The molecule has 132 valence electrons. The average molecular weight is 477 g/mol. The van der Waals surface area contributed by atoms with E-state index in [1.807, 2.05) is 42.5 Å². The molecule has 4 nitrogen and oxygen atoms in total. The maximum Gasteiger partial charge on any atom is 0.341 e. The lowest BCUT2D eigenvalue weighted by Crippen LogP contribution is -3.00. The van der Waals surface area contributed by atoms with Crippen LogP contribution in [0.2, 0.25) is 0 Å². The van der Waals surface area contributed by atoms with Gasteiger partial charge in [0.2, 0.25) is 12.3 Å². The van der Waals surface area contributed by atoms with Crippen LogP contribution >= 0.6 is 15.9 Å². The van der Waals surface area contributed by atoms with Crippen LogP contribution in [0.15, 0.2) is 77.5 Å². The summed E-state index contributed by atoms with van der Waals surface area (Å²) in [6, 6.07) is 18.8. The summed E-state index contributed by atoms with van der Waals surface area (Å²) in [6.07, 6.45) is 3.13. The van der Waals surface area contributed by atoms with Crippen molar-refractivity contribution in [2.24, 2.45) is 0 Å². The lowest BCUT2D eigenvalue weighted by molar-refractivity contribution is -0.683. The first-order valence-electron chi connectivity index (χ1n) is 7.64. The van der Waals surface area contributed by atoms with Crippen molar-refractivity contribution >= 4 is 27.7 Å². The van der Waals surface area contributed by atoms with Gasteiger partial charge in [0.1, 0.15) is 5.56 Å². The summed E-state index contributed by atoms with van der Waals surface area (Å²) >= 11 is 3.27. The van der Waals surface area contributed by atoms with Gasteiger partial charge in [-0.3, -0.25) is 4.79 Å². The lowest BCUT2D eigenvalue weighted by atomic mass is 10.0. The molecular weight excluding hydrogens is 462 g/mol. The van der Waals surface area contributed by atoms with E-state index in [9.17, 15) is 9.59 Å². The third-order valence-corrected chi connectivity index (χ3v) is 4.21. The Morgan fingerprint density at radius 1 is 0.885 bits per heavy atom.